The second kappa shape index (κ2) is 11.1. The van der Waals surface area contributed by atoms with E-state index >= 15 is 0 Å². The fraction of sp³-hybridized carbons (Fsp3) is 0.231. The van der Waals surface area contributed by atoms with Gasteiger partial charge >= 0.3 is 0 Å². The summed E-state index contributed by atoms with van der Waals surface area (Å²) in [6.45, 7) is 0.490. The lowest BCUT2D eigenvalue weighted by Crippen LogP contribution is -2.37. The molecule has 5 nitrogen and oxygen atoms in total. The van der Waals surface area contributed by atoms with Gasteiger partial charge < -0.3 is 15.5 Å². The lowest BCUT2D eigenvalue weighted by atomic mass is 10.0. The Morgan fingerprint density at radius 1 is 0.774 bits per heavy atom. The first kappa shape index (κ1) is 22.2. The van der Waals surface area contributed by atoms with E-state index in [0.717, 1.165) is 11.1 Å². The van der Waals surface area contributed by atoms with Crippen molar-refractivity contribution in [2.75, 3.05) is 20.6 Å². The van der Waals surface area contributed by atoms with Crippen LogP contribution in [0.5, 0.6) is 0 Å². The maximum absolute atomic E-state index is 12.8. The molecule has 160 valence electrons. The molecule has 0 aliphatic carbocycles. The summed E-state index contributed by atoms with van der Waals surface area (Å²) in [5.41, 5.74) is 2.61. The average Bonchev–Trinajstić information content (AvgIpc) is 2.80. The van der Waals surface area contributed by atoms with Crippen molar-refractivity contribution in [3.63, 3.8) is 0 Å². The van der Waals surface area contributed by atoms with E-state index in [1.807, 2.05) is 80.8 Å². The summed E-state index contributed by atoms with van der Waals surface area (Å²) < 4.78 is 0. The van der Waals surface area contributed by atoms with Crippen LogP contribution in [0.2, 0.25) is 0 Å². The first-order valence-corrected chi connectivity index (χ1v) is 10.4. The summed E-state index contributed by atoms with van der Waals surface area (Å²) in [4.78, 5) is 27.6. The topological polar surface area (TPSA) is 61.4 Å². The molecule has 5 heteroatoms. The van der Waals surface area contributed by atoms with Crippen LogP contribution in [0.3, 0.4) is 0 Å². The van der Waals surface area contributed by atoms with Crippen LogP contribution in [-0.2, 0) is 4.79 Å². The summed E-state index contributed by atoms with van der Waals surface area (Å²) in [6, 6.07) is 28.4. The summed E-state index contributed by atoms with van der Waals surface area (Å²) in [6.07, 6.45) is 0.164. The zero-order chi connectivity index (χ0) is 22.1. The van der Waals surface area contributed by atoms with Crippen LogP contribution in [0, 0.1) is 0 Å². The van der Waals surface area contributed by atoms with E-state index in [4.69, 9.17) is 0 Å². The third-order valence-electron chi connectivity index (χ3n) is 5.23. The number of likely N-dealkylation sites (N-methyl/N-ethyl adjacent to an activating group) is 1. The Labute approximate surface area is 184 Å². The van der Waals surface area contributed by atoms with Gasteiger partial charge in [0.05, 0.1) is 18.5 Å². The van der Waals surface area contributed by atoms with Gasteiger partial charge in [0.15, 0.2) is 0 Å². The Hall–Kier alpha value is -3.44. The minimum atomic E-state index is -0.413. The average molecular weight is 416 g/mol. The van der Waals surface area contributed by atoms with Gasteiger partial charge in [-0.05, 0) is 37.4 Å². The molecule has 2 N–H and O–H groups in total. The Morgan fingerprint density at radius 2 is 1.29 bits per heavy atom. The molecule has 0 aromatic heterocycles. The van der Waals surface area contributed by atoms with Crippen LogP contribution in [0.15, 0.2) is 91.0 Å². The summed E-state index contributed by atoms with van der Waals surface area (Å²) >= 11 is 0. The summed E-state index contributed by atoms with van der Waals surface area (Å²) in [7, 11) is 3.99. The van der Waals surface area contributed by atoms with Gasteiger partial charge in [0.2, 0.25) is 5.91 Å². The van der Waals surface area contributed by atoms with Gasteiger partial charge in [-0.25, -0.2) is 0 Å². The molecule has 0 saturated heterocycles. The molecule has 0 aliphatic heterocycles. The molecular weight excluding hydrogens is 386 g/mol. The number of benzene rings is 3. The number of rotatable bonds is 9. The predicted octanol–water partition coefficient (Wildman–Crippen LogP) is 3.97. The number of hydrogen-bond acceptors (Lipinski definition) is 3. The van der Waals surface area contributed by atoms with Crippen molar-refractivity contribution in [3.8, 4) is 0 Å². The SMILES string of the molecule is CN(C)C(CNC(=O)CC(NC(=O)c1ccccc1)c1ccccc1)c1ccccc1. The van der Waals surface area contributed by atoms with Gasteiger partial charge in [-0.2, -0.15) is 0 Å². The van der Waals surface area contributed by atoms with Crippen molar-refractivity contribution in [3.05, 3.63) is 108 Å². The van der Waals surface area contributed by atoms with Gasteiger partial charge in [-0.15, -0.1) is 0 Å². The van der Waals surface area contributed by atoms with E-state index in [9.17, 15) is 9.59 Å². The number of hydrogen-bond donors (Lipinski definition) is 2. The monoisotopic (exact) mass is 415 g/mol. The van der Waals surface area contributed by atoms with Gasteiger partial charge in [0.25, 0.3) is 5.91 Å². The molecule has 0 heterocycles. The van der Waals surface area contributed by atoms with Crippen LogP contribution >= 0.6 is 0 Å². The molecule has 0 fully saturated rings. The van der Waals surface area contributed by atoms with Gasteiger partial charge in [-0.3, -0.25) is 9.59 Å². The Bertz CT molecular complexity index is 960. The maximum Gasteiger partial charge on any atom is 0.251 e. The van der Waals surface area contributed by atoms with Gasteiger partial charge in [0.1, 0.15) is 0 Å². The van der Waals surface area contributed by atoms with E-state index in [1.165, 1.54) is 0 Å². The molecule has 3 rings (SSSR count). The van der Waals surface area contributed by atoms with E-state index < -0.39 is 6.04 Å². The molecule has 0 aliphatic rings. The van der Waals surface area contributed by atoms with E-state index in [0.29, 0.717) is 12.1 Å². The van der Waals surface area contributed by atoms with Crippen molar-refractivity contribution in [2.45, 2.75) is 18.5 Å². The maximum atomic E-state index is 12.8. The molecule has 31 heavy (non-hydrogen) atoms. The molecule has 2 atom stereocenters. The first-order valence-electron chi connectivity index (χ1n) is 10.4. The van der Waals surface area contributed by atoms with Crippen LogP contribution in [0.25, 0.3) is 0 Å². The highest BCUT2D eigenvalue weighted by Gasteiger charge is 2.21. The molecule has 0 radical (unpaired) electrons. The zero-order valence-corrected chi connectivity index (χ0v) is 18.0. The molecule has 2 amide bonds. The summed E-state index contributed by atoms with van der Waals surface area (Å²) in [5.74, 6) is -0.303. The largest absolute Gasteiger partial charge is 0.354 e. The highest BCUT2D eigenvalue weighted by molar-refractivity contribution is 5.94. The van der Waals surface area contributed by atoms with Crippen molar-refractivity contribution in [1.82, 2.24) is 15.5 Å². The number of amides is 2. The highest BCUT2D eigenvalue weighted by atomic mass is 16.2. The van der Waals surface area contributed by atoms with Crippen LogP contribution < -0.4 is 10.6 Å². The number of nitrogens with one attached hydrogen (secondary N) is 2. The van der Waals surface area contributed by atoms with E-state index in [2.05, 4.69) is 27.7 Å². The quantitative estimate of drug-likeness (QED) is 0.556. The third kappa shape index (κ3) is 6.52. The molecular formula is C26H29N3O2. The van der Waals surface area contributed by atoms with Crippen molar-refractivity contribution in [1.29, 1.82) is 0 Å². The Morgan fingerprint density at radius 3 is 1.84 bits per heavy atom. The van der Waals surface area contributed by atoms with Crippen molar-refractivity contribution < 1.29 is 9.59 Å². The molecule has 3 aromatic carbocycles. The predicted molar refractivity (Wildman–Crippen MR) is 124 cm³/mol. The minimum Gasteiger partial charge on any atom is -0.354 e. The number of carbonyl (C=O) groups is 2. The number of carbonyl (C=O) groups excluding carboxylic acids is 2. The van der Waals surface area contributed by atoms with E-state index in [1.54, 1.807) is 12.1 Å². The second-order valence-corrected chi connectivity index (χ2v) is 7.70. The van der Waals surface area contributed by atoms with Crippen LogP contribution in [-0.4, -0.2) is 37.4 Å². The van der Waals surface area contributed by atoms with E-state index in [-0.39, 0.29) is 24.3 Å². The fourth-order valence-corrected chi connectivity index (χ4v) is 3.51. The Kier molecular flexibility index (Phi) is 7.96. The van der Waals surface area contributed by atoms with Crippen LogP contribution in [0.1, 0.15) is 40.0 Å². The fourth-order valence-electron chi connectivity index (χ4n) is 3.51. The zero-order valence-electron chi connectivity index (χ0n) is 18.0. The molecule has 0 saturated carbocycles. The van der Waals surface area contributed by atoms with Gasteiger partial charge in [-0.1, -0.05) is 78.9 Å². The minimum absolute atomic E-state index is 0.0687. The molecule has 3 aromatic rings. The van der Waals surface area contributed by atoms with Crippen molar-refractivity contribution >= 4 is 11.8 Å². The molecule has 0 spiro atoms. The molecule has 0 bridgehead atoms. The standard InChI is InChI=1S/C26H29N3O2/c1-29(2)24(21-14-8-4-9-15-21)19-27-25(30)18-23(20-12-6-3-7-13-20)28-26(31)22-16-10-5-11-17-22/h3-17,23-24H,18-19H2,1-2H3,(H,27,30)(H,28,31). The summed E-state index contributed by atoms with van der Waals surface area (Å²) in [5, 5.41) is 6.06. The first-order chi connectivity index (χ1) is 15.0. The number of nitrogens with zero attached hydrogens (tertiary/aromatic N) is 1. The third-order valence-corrected chi connectivity index (χ3v) is 5.23. The van der Waals surface area contributed by atoms with Crippen LogP contribution in [0.4, 0.5) is 0 Å². The molecule has 2 unspecified atom stereocenters. The lowest BCUT2D eigenvalue weighted by molar-refractivity contribution is -0.121. The normalized spacial score (nSPS) is 12.7. The second-order valence-electron chi connectivity index (χ2n) is 7.70. The smallest absolute Gasteiger partial charge is 0.251 e. The van der Waals surface area contributed by atoms with Crippen molar-refractivity contribution in [2.24, 2.45) is 0 Å². The Balaban J connectivity index is 1.67. The lowest BCUT2D eigenvalue weighted by Gasteiger charge is -2.26. The van der Waals surface area contributed by atoms with Gasteiger partial charge in [0, 0.05) is 12.1 Å². The highest BCUT2D eigenvalue weighted by Crippen LogP contribution is 2.19.